The number of halogens is 6. The van der Waals surface area contributed by atoms with Crippen molar-refractivity contribution in [2.24, 2.45) is 0 Å². The zero-order valence-electron chi connectivity index (χ0n) is 17.1. The molecule has 0 aliphatic carbocycles. The molecule has 0 fully saturated rings. The fourth-order valence-corrected chi connectivity index (χ4v) is 3.62. The normalized spacial score (nSPS) is 12.1. The minimum Gasteiger partial charge on any atom is -0.384 e. The summed E-state index contributed by atoms with van der Waals surface area (Å²) in [5.74, 6) is 0.383. The Morgan fingerprint density at radius 3 is 2.43 bits per heavy atom. The molecule has 2 N–H and O–H groups in total. The molecule has 0 atom stereocenters. The third kappa shape index (κ3) is 4.14. The molecular formula is C21H11ClF5N7O. The Morgan fingerprint density at radius 2 is 1.77 bits per heavy atom. The molecule has 0 bridgehead atoms. The number of alkyl halides is 5. The third-order valence-electron chi connectivity index (χ3n) is 4.99. The first kappa shape index (κ1) is 22.7. The SMILES string of the molecule is Nc1ccc(-c2noc(-c3cnn4c(C(F)F)cc(-c5ccc(C(F)(F)F)c(Cl)c5)nc34)n2)cn1. The number of benzene rings is 1. The van der Waals surface area contributed by atoms with E-state index in [2.05, 4.69) is 25.2 Å². The number of hydrogen-bond acceptors (Lipinski definition) is 7. The van der Waals surface area contributed by atoms with Gasteiger partial charge in [0.1, 0.15) is 17.1 Å². The number of rotatable bonds is 4. The van der Waals surface area contributed by atoms with Crippen LogP contribution in [0.25, 0.3) is 39.7 Å². The lowest BCUT2D eigenvalue weighted by atomic mass is 10.1. The molecule has 0 aliphatic rings. The molecule has 0 saturated heterocycles. The third-order valence-corrected chi connectivity index (χ3v) is 5.31. The summed E-state index contributed by atoms with van der Waals surface area (Å²) in [6.45, 7) is 0. The molecule has 35 heavy (non-hydrogen) atoms. The van der Waals surface area contributed by atoms with Crippen LogP contribution in [0.4, 0.5) is 27.8 Å². The molecule has 0 unspecified atom stereocenters. The van der Waals surface area contributed by atoms with E-state index in [4.69, 9.17) is 21.9 Å². The van der Waals surface area contributed by atoms with E-state index in [1.165, 1.54) is 12.4 Å². The molecule has 0 spiro atoms. The summed E-state index contributed by atoms with van der Waals surface area (Å²) in [4.78, 5) is 12.5. The quantitative estimate of drug-likeness (QED) is 0.311. The average Bonchev–Trinajstić information content (AvgIpc) is 3.45. The highest BCUT2D eigenvalue weighted by atomic mass is 35.5. The van der Waals surface area contributed by atoms with Gasteiger partial charge in [-0.15, -0.1) is 0 Å². The number of aromatic nitrogens is 6. The fraction of sp³-hybridized carbons (Fsp3) is 0.0952. The molecule has 0 aliphatic heterocycles. The van der Waals surface area contributed by atoms with Crippen molar-refractivity contribution in [1.29, 1.82) is 0 Å². The van der Waals surface area contributed by atoms with Gasteiger partial charge < -0.3 is 10.3 Å². The Labute approximate surface area is 197 Å². The van der Waals surface area contributed by atoms with Gasteiger partial charge in [-0.05, 0) is 30.3 Å². The Bertz CT molecular complexity index is 1550. The lowest BCUT2D eigenvalue weighted by molar-refractivity contribution is -0.137. The van der Waals surface area contributed by atoms with E-state index >= 15 is 0 Å². The summed E-state index contributed by atoms with van der Waals surface area (Å²) in [5.41, 5.74) is 4.57. The van der Waals surface area contributed by atoms with E-state index < -0.39 is 28.9 Å². The van der Waals surface area contributed by atoms with Gasteiger partial charge in [-0.2, -0.15) is 23.3 Å². The van der Waals surface area contributed by atoms with Crippen LogP contribution in [-0.4, -0.2) is 29.7 Å². The van der Waals surface area contributed by atoms with Gasteiger partial charge in [0.25, 0.3) is 12.3 Å². The van der Waals surface area contributed by atoms with Crippen molar-refractivity contribution >= 4 is 23.1 Å². The topological polar surface area (TPSA) is 108 Å². The zero-order chi connectivity index (χ0) is 24.9. The van der Waals surface area contributed by atoms with E-state index in [1.54, 1.807) is 12.1 Å². The lowest BCUT2D eigenvalue weighted by Crippen LogP contribution is -2.06. The van der Waals surface area contributed by atoms with E-state index in [0.29, 0.717) is 11.4 Å². The van der Waals surface area contributed by atoms with Crippen LogP contribution >= 0.6 is 11.6 Å². The molecule has 4 heterocycles. The summed E-state index contributed by atoms with van der Waals surface area (Å²) in [6, 6.07) is 7.04. The number of nitrogens with zero attached hydrogens (tertiary/aromatic N) is 6. The van der Waals surface area contributed by atoms with Gasteiger partial charge in [0.15, 0.2) is 5.65 Å². The van der Waals surface area contributed by atoms with Crippen molar-refractivity contribution in [3.63, 3.8) is 0 Å². The maximum absolute atomic E-state index is 13.8. The van der Waals surface area contributed by atoms with Crippen LogP contribution in [0.15, 0.2) is 53.3 Å². The van der Waals surface area contributed by atoms with Gasteiger partial charge in [-0.25, -0.2) is 23.3 Å². The first-order valence-electron chi connectivity index (χ1n) is 9.72. The first-order valence-corrected chi connectivity index (χ1v) is 10.1. The van der Waals surface area contributed by atoms with Gasteiger partial charge in [-0.3, -0.25) is 0 Å². The van der Waals surface area contributed by atoms with Gasteiger partial charge >= 0.3 is 6.18 Å². The minimum atomic E-state index is -4.67. The summed E-state index contributed by atoms with van der Waals surface area (Å²) in [7, 11) is 0. The molecule has 4 aromatic heterocycles. The van der Waals surface area contributed by atoms with E-state index in [-0.39, 0.29) is 34.2 Å². The monoisotopic (exact) mass is 507 g/mol. The predicted octanol–water partition coefficient (Wildman–Crippen LogP) is 5.70. The predicted molar refractivity (Wildman–Crippen MR) is 114 cm³/mol. The lowest BCUT2D eigenvalue weighted by Gasteiger charge is -2.11. The smallest absolute Gasteiger partial charge is 0.384 e. The second-order valence-corrected chi connectivity index (χ2v) is 7.66. The highest BCUT2D eigenvalue weighted by Crippen LogP contribution is 2.37. The Hall–Kier alpha value is -4.13. The van der Waals surface area contributed by atoms with Gasteiger partial charge in [0, 0.05) is 17.3 Å². The Morgan fingerprint density at radius 1 is 1.00 bits per heavy atom. The van der Waals surface area contributed by atoms with Crippen molar-refractivity contribution in [3.8, 4) is 34.1 Å². The van der Waals surface area contributed by atoms with Crippen LogP contribution in [0.5, 0.6) is 0 Å². The molecule has 14 heteroatoms. The second kappa shape index (κ2) is 8.27. The molecule has 8 nitrogen and oxygen atoms in total. The average molecular weight is 508 g/mol. The van der Waals surface area contributed by atoms with Crippen molar-refractivity contribution in [3.05, 3.63) is 65.1 Å². The number of fused-ring (bicyclic) bond motifs is 1. The van der Waals surface area contributed by atoms with Crippen molar-refractivity contribution in [2.45, 2.75) is 12.6 Å². The van der Waals surface area contributed by atoms with Gasteiger partial charge in [0.05, 0.1) is 22.5 Å². The molecule has 178 valence electrons. The number of nitrogen functional groups attached to an aromatic ring is 1. The van der Waals surface area contributed by atoms with Crippen molar-refractivity contribution in [2.75, 3.05) is 5.73 Å². The summed E-state index contributed by atoms with van der Waals surface area (Å²) < 4.78 is 73.0. The molecule has 0 radical (unpaired) electrons. The zero-order valence-corrected chi connectivity index (χ0v) is 17.9. The number of nitrogens with two attached hydrogens (primary N) is 1. The maximum atomic E-state index is 13.8. The molecule has 0 amide bonds. The largest absolute Gasteiger partial charge is 0.417 e. The van der Waals surface area contributed by atoms with E-state index in [9.17, 15) is 22.0 Å². The fourth-order valence-electron chi connectivity index (χ4n) is 3.33. The second-order valence-electron chi connectivity index (χ2n) is 7.25. The summed E-state index contributed by atoms with van der Waals surface area (Å²) >= 11 is 5.80. The van der Waals surface area contributed by atoms with Crippen molar-refractivity contribution < 1.29 is 26.5 Å². The van der Waals surface area contributed by atoms with Crippen LogP contribution in [0.2, 0.25) is 5.02 Å². The van der Waals surface area contributed by atoms with Crippen LogP contribution in [0, 0.1) is 0 Å². The van der Waals surface area contributed by atoms with E-state index in [1.807, 2.05) is 0 Å². The molecule has 1 aromatic carbocycles. The molecule has 0 saturated carbocycles. The Kier molecular flexibility index (Phi) is 5.35. The van der Waals surface area contributed by atoms with E-state index in [0.717, 1.165) is 28.8 Å². The number of pyridine rings is 1. The Balaban J connectivity index is 1.63. The molecule has 5 aromatic rings. The maximum Gasteiger partial charge on any atom is 0.417 e. The molecular weight excluding hydrogens is 497 g/mol. The number of hydrogen-bond donors (Lipinski definition) is 1. The highest BCUT2D eigenvalue weighted by molar-refractivity contribution is 6.31. The summed E-state index contributed by atoms with van der Waals surface area (Å²) in [6.07, 6.45) is -5.00. The highest BCUT2D eigenvalue weighted by Gasteiger charge is 2.33. The van der Waals surface area contributed by atoms with Gasteiger partial charge in [-0.1, -0.05) is 22.8 Å². The van der Waals surface area contributed by atoms with Crippen LogP contribution < -0.4 is 5.73 Å². The van der Waals surface area contributed by atoms with Crippen LogP contribution in [0.3, 0.4) is 0 Å². The first-order chi connectivity index (χ1) is 16.6. The standard InChI is InChI=1S/C21H11ClF5N7O/c22-13-5-9(1-3-12(13)21(25,26)27)14-6-15(17(23)24)34-19(31-14)11(8-30-34)20-32-18(33-35-20)10-2-4-16(28)29-7-10/h1-8,17H,(H2,28,29). The minimum absolute atomic E-state index is 0.0485. The van der Waals surface area contributed by atoms with Gasteiger partial charge in [0.2, 0.25) is 5.82 Å². The summed E-state index contributed by atoms with van der Waals surface area (Å²) in [5, 5.41) is 7.21. The van der Waals surface area contributed by atoms with Crippen molar-refractivity contribution in [1.82, 2.24) is 29.7 Å². The molecule has 5 rings (SSSR count). The number of anilines is 1. The van der Waals surface area contributed by atoms with Crippen LogP contribution in [0.1, 0.15) is 17.7 Å². The van der Waals surface area contributed by atoms with Crippen LogP contribution in [-0.2, 0) is 6.18 Å².